The Kier molecular flexibility index (Phi) is 8.31. The zero-order valence-electron chi connectivity index (χ0n) is 20.6. The number of anilines is 3. The molecule has 0 spiro atoms. The van der Waals surface area contributed by atoms with E-state index in [0.29, 0.717) is 41.7 Å². The minimum Gasteiger partial charge on any atom is -0.439 e. The largest absolute Gasteiger partial charge is 0.439 e. The van der Waals surface area contributed by atoms with Crippen LogP contribution in [0.2, 0.25) is 0 Å². The van der Waals surface area contributed by atoms with E-state index in [-0.39, 0.29) is 23.4 Å². The summed E-state index contributed by atoms with van der Waals surface area (Å²) in [5.41, 5.74) is 0.863. The Labute approximate surface area is 237 Å². The normalized spacial score (nSPS) is 16.2. The van der Waals surface area contributed by atoms with Gasteiger partial charge in [0, 0.05) is 23.3 Å². The van der Waals surface area contributed by atoms with Crippen molar-refractivity contribution in [1.29, 1.82) is 0 Å². The molecule has 1 aromatic carbocycles. The average molecular weight is 671 g/mol. The van der Waals surface area contributed by atoms with Gasteiger partial charge in [-0.2, -0.15) is 17.5 Å². The van der Waals surface area contributed by atoms with Crippen molar-refractivity contribution in [3.63, 3.8) is 0 Å². The van der Waals surface area contributed by atoms with E-state index in [1.54, 1.807) is 34.9 Å². The molecule has 1 aliphatic heterocycles. The van der Waals surface area contributed by atoms with Crippen molar-refractivity contribution in [3.05, 3.63) is 81.5 Å². The molecule has 0 fully saturated rings. The fourth-order valence-corrected chi connectivity index (χ4v) is 6.33. The first-order valence-electron chi connectivity index (χ1n) is 12.1. The molecule has 8 nitrogen and oxygen atoms in total. The molecule has 0 unspecified atom stereocenters. The van der Waals surface area contributed by atoms with E-state index in [4.69, 9.17) is 16.3 Å². The van der Waals surface area contributed by atoms with Crippen LogP contribution in [0.15, 0.2) is 67.6 Å². The second kappa shape index (κ2) is 11.9. The van der Waals surface area contributed by atoms with Crippen molar-refractivity contribution in [2.24, 2.45) is 9.06 Å². The van der Waals surface area contributed by atoms with Crippen molar-refractivity contribution in [2.45, 2.75) is 32.7 Å². The second-order valence-corrected chi connectivity index (χ2v) is 11.3. The average Bonchev–Trinajstić information content (AvgIpc) is 3.31. The van der Waals surface area contributed by atoms with Gasteiger partial charge in [-0.15, -0.1) is 0 Å². The Morgan fingerprint density at radius 3 is 2.72 bits per heavy atom. The number of nitrogens with one attached hydrogen (secondary N) is 1. The standard InChI is InChI=1S/C26H23ClF3IN6O2/c1-2-15-11-21(30)33-22(12-15)39-19-9-7-18(8-10-19)32-26-34-25(38)23-24(35-31-37(23)14-20(28)29)36(26)13-16-3-5-17(27)6-4-16/h3,5-12,16,20H,2,4,13-14H2,1H3,(H,32,34,38)/t16-/m1/s1. The van der Waals surface area contributed by atoms with Crippen molar-refractivity contribution >= 4 is 56.0 Å². The third-order valence-corrected chi connectivity index (χ3v) is 8.37. The highest BCUT2D eigenvalue weighted by molar-refractivity contribution is 14.2. The lowest BCUT2D eigenvalue weighted by Gasteiger charge is -2.22. The first-order valence-corrected chi connectivity index (χ1v) is 14.4. The minimum atomic E-state index is -2.60. The smallest absolute Gasteiger partial charge is 0.301 e. The molecule has 0 saturated heterocycles. The maximum atomic E-state index is 13.8. The highest BCUT2D eigenvalue weighted by Gasteiger charge is 2.29. The number of aryl methyl sites for hydroxylation is 1. The number of allylic oxidation sites excluding steroid dienone is 4. The molecular formula is C26H23ClF3IN6O2. The van der Waals surface area contributed by atoms with E-state index in [2.05, 4.69) is 18.4 Å². The maximum absolute atomic E-state index is 13.8. The van der Waals surface area contributed by atoms with Gasteiger partial charge in [-0.05, 0) is 60.7 Å². The number of benzene rings is 1. The van der Waals surface area contributed by atoms with Gasteiger partial charge < -0.3 is 10.1 Å². The number of fused-ring (bicyclic) bond motifs is 1. The SMILES string of the molecule is CCc1cc(F)nc(Oc2ccc(Nc3nc(=O)c4c(n3C[C@@H]3C=CC(Cl)=CC3)N=IN4CC(F)F)cc2)c1. The second-order valence-electron chi connectivity index (χ2n) is 8.80. The Hall–Kier alpha value is -3.26. The van der Waals surface area contributed by atoms with Crippen LogP contribution >= 0.6 is 32.9 Å². The molecule has 39 heavy (non-hydrogen) atoms. The molecule has 0 saturated carbocycles. The molecule has 204 valence electrons. The first kappa shape index (κ1) is 27.3. The quantitative estimate of drug-likeness (QED) is 0.146. The number of pyridine rings is 1. The number of ether oxygens (including phenoxy) is 1. The van der Waals surface area contributed by atoms with Gasteiger partial charge in [-0.3, -0.25) is 12.5 Å². The predicted octanol–water partition coefficient (Wildman–Crippen LogP) is 7.36. The molecule has 1 aliphatic carbocycles. The van der Waals surface area contributed by atoms with Crippen LogP contribution in [0.25, 0.3) is 0 Å². The Morgan fingerprint density at radius 1 is 1.23 bits per heavy atom. The Balaban J connectivity index is 1.42. The summed E-state index contributed by atoms with van der Waals surface area (Å²) in [4.78, 5) is 20.9. The van der Waals surface area contributed by atoms with E-state index >= 15 is 0 Å². The Morgan fingerprint density at radius 2 is 2.03 bits per heavy atom. The number of rotatable bonds is 9. The van der Waals surface area contributed by atoms with Crippen LogP contribution in [0.4, 0.5) is 36.3 Å². The fraction of sp³-hybridized carbons (Fsp3) is 0.269. The molecule has 5 rings (SSSR count). The van der Waals surface area contributed by atoms with Gasteiger partial charge in [0.05, 0.1) is 6.54 Å². The summed E-state index contributed by atoms with van der Waals surface area (Å²) in [6.07, 6.45) is 4.39. The van der Waals surface area contributed by atoms with E-state index in [1.165, 1.54) is 9.18 Å². The van der Waals surface area contributed by atoms with Gasteiger partial charge in [0.1, 0.15) is 27.1 Å². The van der Waals surface area contributed by atoms with Crippen LogP contribution in [0.1, 0.15) is 18.9 Å². The highest BCUT2D eigenvalue weighted by atomic mass is 127. The number of hydrogen-bond donors (Lipinski definition) is 1. The third kappa shape index (κ3) is 6.49. The summed E-state index contributed by atoms with van der Waals surface area (Å²) in [7, 11) is 0. The molecular weight excluding hydrogens is 648 g/mol. The van der Waals surface area contributed by atoms with Crippen LogP contribution in [0.5, 0.6) is 11.6 Å². The van der Waals surface area contributed by atoms with Crippen LogP contribution in [-0.2, 0) is 13.0 Å². The topological polar surface area (TPSA) is 84.6 Å². The first-order chi connectivity index (χ1) is 18.8. The van der Waals surface area contributed by atoms with Crippen LogP contribution < -0.4 is 18.7 Å². The van der Waals surface area contributed by atoms with Crippen molar-refractivity contribution in [1.82, 2.24) is 14.5 Å². The molecule has 13 heteroatoms. The van der Waals surface area contributed by atoms with Crippen LogP contribution in [0.3, 0.4) is 0 Å². The van der Waals surface area contributed by atoms with Crippen molar-refractivity contribution in [2.75, 3.05) is 15.0 Å². The van der Waals surface area contributed by atoms with E-state index in [1.807, 2.05) is 25.2 Å². The molecule has 3 heterocycles. The van der Waals surface area contributed by atoms with Gasteiger partial charge in [-0.25, -0.2) is 8.78 Å². The van der Waals surface area contributed by atoms with E-state index < -0.39 is 45.8 Å². The molecule has 2 aliphatic rings. The summed E-state index contributed by atoms with van der Waals surface area (Å²) in [6, 6.07) is 9.82. The van der Waals surface area contributed by atoms with Crippen LogP contribution in [-0.4, -0.2) is 27.5 Å². The molecule has 0 amide bonds. The molecule has 3 aromatic rings. The summed E-state index contributed by atoms with van der Waals surface area (Å²) < 4.78 is 53.4. The molecule has 0 bridgehead atoms. The van der Waals surface area contributed by atoms with E-state index in [9.17, 15) is 18.0 Å². The van der Waals surface area contributed by atoms with Gasteiger partial charge in [-0.1, -0.05) is 30.7 Å². The van der Waals surface area contributed by atoms with Gasteiger partial charge in [0.15, 0.2) is 11.5 Å². The van der Waals surface area contributed by atoms with Gasteiger partial charge >= 0.3 is 5.56 Å². The summed E-state index contributed by atoms with van der Waals surface area (Å²) in [5, 5.41) is 3.80. The minimum absolute atomic E-state index is 0.0431. The number of aromatic nitrogens is 3. The molecule has 0 radical (unpaired) electrons. The van der Waals surface area contributed by atoms with Crippen LogP contribution in [0, 0.1) is 11.9 Å². The lowest BCUT2D eigenvalue weighted by Crippen LogP contribution is -2.27. The number of halogens is 5. The van der Waals surface area contributed by atoms with E-state index in [0.717, 1.165) is 5.56 Å². The lowest BCUT2D eigenvalue weighted by molar-refractivity contribution is 0.160. The lowest BCUT2D eigenvalue weighted by atomic mass is 10.0. The monoisotopic (exact) mass is 670 g/mol. The molecule has 1 atom stereocenters. The molecule has 2 aromatic heterocycles. The Bertz CT molecular complexity index is 1530. The highest BCUT2D eigenvalue weighted by Crippen LogP contribution is 2.42. The summed E-state index contributed by atoms with van der Waals surface area (Å²) >= 11 is 4.90. The maximum Gasteiger partial charge on any atom is 0.301 e. The van der Waals surface area contributed by atoms with Gasteiger partial charge in [0.2, 0.25) is 17.8 Å². The third-order valence-electron chi connectivity index (χ3n) is 6.01. The zero-order valence-corrected chi connectivity index (χ0v) is 23.5. The van der Waals surface area contributed by atoms with Gasteiger partial charge in [0.25, 0.3) is 6.43 Å². The van der Waals surface area contributed by atoms with Crippen molar-refractivity contribution < 1.29 is 17.9 Å². The number of hydrogen-bond acceptors (Lipinski definition) is 7. The molecule has 1 N–H and O–H groups in total. The number of alkyl halides is 2. The fourth-order valence-electron chi connectivity index (χ4n) is 4.11. The summed E-state index contributed by atoms with van der Waals surface area (Å²) in [6.45, 7) is 1.76. The van der Waals surface area contributed by atoms with Crippen molar-refractivity contribution in [3.8, 4) is 11.6 Å². The zero-order chi connectivity index (χ0) is 27.5. The summed E-state index contributed by atoms with van der Waals surface area (Å²) in [5.74, 6) is 0.611. The predicted molar refractivity (Wildman–Crippen MR) is 153 cm³/mol. The number of nitrogens with zero attached hydrogens (tertiary/aromatic N) is 5.